The fourth-order valence-corrected chi connectivity index (χ4v) is 2.78. The zero-order chi connectivity index (χ0) is 21.4. The molecule has 0 spiro atoms. The van der Waals surface area contributed by atoms with Crippen molar-refractivity contribution < 1.29 is 28.7 Å². The molecule has 0 aliphatic carbocycles. The number of rotatable bonds is 9. The highest BCUT2D eigenvalue weighted by Crippen LogP contribution is 2.16. The van der Waals surface area contributed by atoms with Gasteiger partial charge < -0.3 is 20.5 Å². The molecule has 3 N–H and O–H groups in total. The lowest BCUT2D eigenvalue weighted by Crippen LogP contribution is -2.52. The van der Waals surface area contributed by atoms with Crippen LogP contribution in [0.25, 0.3) is 10.9 Å². The van der Waals surface area contributed by atoms with Crippen LogP contribution in [0.4, 0.5) is 0 Å². The van der Waals surface area contributed by atoms with E-state index in [2.05, 4.69) is 10.3 Å². The van der Waals surface area contributed by atoms with Crippen LogP contribution in [0.3, 0.4) is 0 Å². The second kappa shape index (κ2) is 10.2. The van der Waals surface area contributed by atoms with E-state index in [0.717, 1.165) is 5.39 Å². The van der Waals surface area contributed by atoms with Gasteiger partial charge in [-0.05, 0) is 26.0 Å². The fourth-order valence-electron chi connectivity index (χ4n) is 2.78. The van der Waals surface area contributed by atoms with Crippen LogP contribution in [-0.4, -0.2) is 48.0 Å². The Morgan fingerprint density at radius 1 is 1.10 bits per heavy atom. The van der Waals surface area contributed by atoms with Gasteiger partial charge in [-0.25, -0.2) is 0 Å². The van der Waals surface area contributed by atoms with E-state index >= 15 is 0 Å². The number of carbonyl (C=O) groups is 4. The largest absolute Gasteiger partial charge is 0.466 e. The van der Waals surface area contributed by atoms with Crippen molar-refractivity contribution in [3.8, 4) is 0 Å². The molecule has 9 nitrogen and oxygen atoms in total. The quantitative estimate of drug-likeness (QED) is 0.597. The molecule has 0 radical (unpaired) electrons. The molecule has 0 fully saturated rings. The molecular formula is C20H23N3O6. The number of aromatic nitrogens is 1. The minimum absolute atomic E-state index is 0.0339. The van der Waals surface area contributed by atoms with Gasteiger partial charge in [0.2, 0.25) is 5.91 Å². The predicted molar refractivity (Wildman–Crippen MR) is 104 cm³/mol. The maximum atomic E-state index is 12.7. The first-order chi connectivity index (χ1) is 13.9. The molecule has 0 aliphatic heterocycles. The van der Waals surface area contributed by atoms with Crippen molar-refractivity contribution in [2.45, 2.75) is 26.3 Å². The summed E-state index contributed by atoms with van der Waals surface area (Å²) in [6, 6.07) is 7.33. The number of hydrogen-bond donors (Lipinski definition) is 2. The highest BCUT2D eigenvalue weighted by molar-refractivity contribution is 6.01. The molecule has 0 aliphatic rings. The first kappa shape index (κ1) is 21.8. The van der Waals surface area contributed by atoms with E-state index in [1.165, 1.54) is 6.20 Å². The lowest BCUT2D eigenvalue weighted by molar-refractivity contribution is -0.156. The number of esters is 2. The van der Waals surface area contributed by atoms with Gasteiger partial charge in [-0.15, -0.1) is 0 Å². The monoisotopic (exact) mass is 401 g/mol. The van der Waals surface area contributed by atoms with Gasteiger partial charge in [-0.1, -0.05) is 18.2 Å². The van der Waals surface area contributed by atoms with Crippen molar-refractivity contribution >= 4 is 34.7 Å². The van der Waals surface area contributed by atoms with Crippen molar-refractivity contribution in [1.82, 2.24) is 10.3 Å². The van der Waals surface area contributed by atoms with Crippen molar-refractivity contribution in [1.29, 1.82) is 0 Å². The lowest BCUT2D eigenvalue weighted by atomic mass is 9.95. The summed E-state index contributed by atoms with van der Waals surface area (Å²) in [5, 5.41) is 3.15. The SMILES string of the molecule is CCOC(=O)C[C@H](C(=O)OCC)[C@@H](NC(=O)c1cnc2ccccc2c1)C(N)=O. The Hall–Kier alpha value is -3.49. The van der Waals surface area contributed by atoms with Gasteiger partial charge in [0.1, 0.15) is 6.04 Å². The second-order valence-electron chi connectivity index (χ2n) is 6.14. The minimum atomic E-state index is -1.46. The average Bonchev–Trinajstić information content (AvgIpc) is 2.70. The molecular weight excluding hydrogens is 378 g/mol. The Bertz CT molecular complexity index is 914. The molecule has 2 rings (SSSR count). The molecule has 1 aromatic heterocycles. The Labute approximate surface area is 167 Å². The number of carbonyl (C=O) groups excluding carboxylic acids is 4. The van der Waals surface area contributed by atoms with Crippen molar-refractivity contribution in [2.75, 3.05) is 13.2 Å². The number of hydrogen-bond acceptors (Lipinski definition) is 7. The van der Waals surface area contributed by atoms with Gasteiger partial charge in [0.05, 0.1) is 36.6 Å². The summed E-state index contributed by atoms with van der Waals surface area (Å²) < 4.78 is 9.79. The topological polar surface area (TPSA) is 138 Å². The van der Waals surface area contributed by atoms with Crippen LogP contribution in [-0.2, 0) is 23.9 Å². The van der Waals surface area contributed by atoms with Gasteiger partial charge in [0, 0.05) is 11.6 Å². The van der Waals surface area contributed by atoms with Crippen LogP contribution >= 0.6 is 0 Å². The lowest BCUT2D eigenvalue weighted by Gasteiger charge is -2.23. The molecule has 0 unspecified atom stereocenters. The summed E-state index contributed by atoms with van der Waals surface area (Å²) in [5.74, 6) is -4.50. The fraction of sp³-hybridized carbons (Fsp3) is 0.350. The summed E-state index contributed by atoms with van der Waals surface area (Å²) >= 11 is 0. The van der Waals surface area contributed by atoms with Crippen LogP contribution in [0.2, 0.25) is 0 Å². The standard InChI is InChI=1S/C20H23N3O6/c1-3-28-16(24)10-14(20(27)29-4-2)17(18(21)25)23-19(26)13-9-12-7-5-6-8-15(12)22-11-13/h5-9,11,14,17H,3-4,10H2,1-2H3,(H2,21,25)(H,23,26)/t14-,17+/m0/s1. The number of nitrogens with one attached hydrogen (secondary N) is 1. The van der Waals surface area contributed by atoms with E-state index in [9.17, 15) is 19.2 Å². The van der Waals surface area contributed by atoms with Crippen molar-refractivity contribution in [3.63, 3.8) is 0 Å². The Morgan fingerprint density at radius 3 is 2.45 bits per heavy atom. The highest BCUT2D eigenvalue weighted by atomic mass is 16.5. The molecule has 1 heterocycles. The molecule has 0 bridgehead atoms. The first-order valence-corrected chi connectivity index (χ1v) is 9.14. The summed E-state index contributed by atoms with van der Waals surface area (Å²) in [6.45, 7) is 3.33. The number of pyridine rings is 1. The van der Waals surface area contributed by atoms with E-state index < -0.39 is 42.1 Å². The molecule has 1 aromatic carbocycles. The third-order valence-corrected chi connectivity index (χ3v) is 4.13. The number of fused-ring (bicyclic) bond motifs is 1. The predicted octanol–water partition coefficient (Wildman–Crippen LogP) is 0.951. The normalized spacial score (nSPS) is 12.6. The third-order valence-electron chi connectivity index (χ3n) is 4.13. The van der Waals surface area contributed by atoms with E-state index in [4.69, 9.17) is 15.2 Å². The van der Waals surface area contributed by atoms with Gasteiger partial charge in [0.25, 0.3) is 5.91 Å². The average molecular weight is 401 g/mol. The highest BCUT2D eigenvalue weighted by Gasteiger charge is 2.37. The van der Waals surface area contributed by atoms with Gasteiger partial charge in [0.15, 0.2) is 0 Å². The summed E-state index contributed by atoms with van der Waals surface area (Å²) in [6.07, 6.45) is 0.886. The number of primary amides is 1. The number of nitrogens with two attached hydrogens (primary N) is 1. The zero-order valence-electron chi connectivity index (χ0n) is 16.2. The van der Waals surface area contributed by atoms with Crippen LogP contribution in [0.15, 0.2) is 36.5 Å². The first-order valence-electron chi connectivity index (χ1n) is 9.14. The Morgan fingerprint density at radius 2 is 1.79 bits per heavy atom. The van der Waals surface area contributed by atoms with Crippen LogP contribution in [0.1, 0.15) is 30.6 Å². The molecule has 0 saturated heterocycles. The third kappa shape index (κ3) is 5.74. The smallest absolute Gasteiger partial charge is 0.312 e. The Kier molecular flexibility index (Phi) is 7.64. The number of benzene rings is 1. The molecule has 2 amide bonds. The van der Waals surface area contributed by atoms with Crippen LogP contribution in [0.5, 0.6) is 0 Å². The number of nitrogens with zero attached hydrogens (tertiary/aromatic N) is 1. The van der Waals surface area contributed by atoms with E-state index in [1.807, 2.05) is 6.07 Å². The molecule has 2 aromatic rings. The van der Waals surface area contributed by atoms with Gasteiger partial charge in [-0.3, -0.25) is 24.2 Å². The second-order valence-corrected chi connectivity index (χ2v) is 6.14. The maximum absolute atomic E-state index is 12.7. The van der Waals surface area contributed by atoms with E-state index in [-0.39, 0.29) is 18.8 Å². The summed E-state index contributed by atoms with van der Waals surface area (Å²) in [5.41, 5.74) is 6.28. The minimum Gasteiger partial charge on any atom is -0.466 e. The summed E-state index contributed by atoms with van der Waals surface area (Å²) in [4.78, 5) is 53.1. The van der Waals surface area contributed by atoms with Crippen LogP contribution in [0, 0.1) is 5.92 Å². The van der Waals surface area contributed by atoms with Gasteiger partial charge in [-0.2, -0.15) is 0 Å². The molecule has 154 valence electrons. The molecule has 2 atom stereocenters. The Balaban J connectivity index is 2.27. The van der Waals surface area contributed by atoms with Crippen LogP contribution < -0.4 is 11.1 Å². The number of ether oxygens (including phenoxy) is 2. The zero-order valence-corrected chi connectivity index (χ0v) is 16.2. The van der Waals surface area contributed by atoms with Crippen molar-refractivity contribution in [3.05, 3.63) is 42.1 Å². The molecule has 0 saturated carbocycles. The van der Waals surface area contributed by atoms with E-state index in [0.29, 0.717) is 5.52 Å². The number of amides is 2. The summed E-state index contributed by atoms with van der Waals surface area (Å²) in [7, 11) is 0. The molecule has 9 heteroatoms. The molecule has 29 heavy (non-hydrogen) atoms. The number of para-hydroxylation sites is 1. The van der Waals surface area contributed by atoms with Gasteiger partial charge >= 0.3 is 11.9 Å². The van der Waals surface area contributed by atoms with E-state index in [1.54, 1.807) is 38.1 Å². The maximum Gasteiger partial charge on any atom is 0.312 e. The van der Waals surface area contributed by atoms with Crippen molar-refractivity contribution in [2.24, 2.45) is 11.7 Å².